The van der Waals surface area contributed by atoms with Crippen molar-refractivity contribution in [2.75, 3.05) is 5.32 Å². The normalized spacial score (nSPS) is 10.9. The molecule has 4 nitrogen and oxygen atoms in total. The van der Waals surface area contributed by atoms with Crippen LogP contribution < -0.4 is 5.32 Å². The molecule has 1 heterocycles. The van der Waals surface area contributed by atoms with Crippen LogP contribution in [-0.4, -0.2) is 10.1 Å². The molecule has 4 rings (SSSR count). The minimum atomic E-state index is 0.493. The minimum Gasteiger partial charge on any atom is -0.376 e. The van der Waals surface area contributed by atoms with Crippen LogP contribution in [0.1, 0.15) is 11.5 Å². The van der Waals surface area contributed by atoms with Crippen molar-refractivity contribution in [2.24, 2.45) is 0 Å². The Kier molecular flexibility index (Phi) is 3.71. The predicted molar refractivity (Wildman–Crippen MR) is 95.7 cm³/mol. The van der Waals surface area contributed by atoms with Crippen LogP contribution in [0.2, 0.25) is 0 Å². The fourth-order valence-electron chi connectivity index (χ4n) is 2.70. The fraction of sp³-hybridized carbons (Fsp3) is 0.100. The molecule has 1 aromatic heterocycles. The van der Waals surface area contributed by atoms with E-state index in [2.05, 4.69) is 46.6 Å². The summed E-state index contributed by atoms with van der Waals surface area (Å²) in [4.78, 5) is 4.47. The van der Waals surface area contributed by atoms with Crippen molar-refractivity contribution in [3.8, 4) is 11.4 Å². The van der Waals surface area contributed by atoms with E-state index in [0.717, 1.165) is 11.3 Å². The molecule has 24 heavy (non-hydrogen) atoms. The van der Waals surface area contributed by atoms with Crippen molar-refractivity contribution in [1.29, 1.82) is 0 Å². The number of nitrogens with one attached hydrogen (secondary N) is 1. The van der Waals surface area contributed by atoms with E-state index in [0.29, 0.717) is 18.3 Å². The maximum atomic E-state index is 5.36. The summed E-state index contributed by atoms with van der Waals surface area (Å²) in [6.07, 6.45) is 0. The van der Waals surface area contributed by atoms with Crippen molar-refractivity contribution in [3.63, 3.8) is 0 Å². The zero-order valence-electron chi connectivity index (χ0n) is 13.4. The Morgan fingerprint density at radius 2 is 1.71 bits per heavy atom. The summed E-state index contributed by atoms with van der Waals surface area (Å²) >= 11 is 0. The molecule has 4 aromatic rings. The molecule has 0 spiro atoms. The lowest BCUT2D eigenvalue weighted by Crippen LogP contribution is -2.00. The quantitative estimate of drug-likeness (QED) is 0.587. The van der Waals surface area contributed by atoms with Gasteiger partial charge in [0.1, 0.15) is 0 Å². The van der Waals surface area contributed by atoms with Gasteiger partial charge in [-0.1, -0.05) is 71.4 Å². The van der Waals surface area contributed by atoms with Crippen LogP contribution in [0.5, 0.6) is 0 Å². The molecule has 0 atom stereocenters. The second kappa shape index (κ2) is 6.16. The van der Waals surface area contributed by atoms with Gasteiger partial charge in [-0.2, -0.15) is 4.98 Å². The molecule has 0 aliphatic heterocycles. The predicted octanol–water partition coefficient (Wildman–Crippen LogP) is 4.81. The smallest absolute Gasteiger partial charge is 0.246 e. The molecule has 4 heteroatoms. The average Bonchev–Trinajstić information content (AvgIpc) is 3.09. The van der Waals surface area contributed by atoms with Crippen LogP contribution in [0.25, 0.3) is 22.2 Å². The van der Waals surface area contributed by atoms with Crippen LogP contribution in [0, 0.1) is 6.92 Å². The third kappa shape index (κ3) is 2.86. The lowest BCUT2D eigenvalue weighted by molar-refractivity contribution is 0.384. The van der Waals surface area contributed by atoms with Gasteiger partial charge in [-0.25, -0.2) is 0 Å². The van der Waals surface area contributed by atoms with Crippen molar-refractivity contribution in [1.82, 2.24) is 10.1 Å². The molecule has 118 valence electrons. The summed E-state index contributed by atoms with van der Waals surface area (Å²) in [5, 5.41) is 9.83. The summed E-state index contributed by atoms with van der Waals surface area (Å²) in [5.41, 5.74) is 3.23. The van der Waals surface area contributed by atoms with Gasteiger partial charge >= 0.3 is 0 Å². The molecule has 1 N–H and O–H groups in total. The number of fused-ring (bicyclic) bond motifs is 1. The number of hydrogen-bond donors (Lipinski definition) is 1. The Hall–Kier alpha value is -3.14. The molecule has 0 amide bonds. The van der Waals surface area contributed by atoms with Gasteiger partial charge in [0.15, 0.2) is 0 Å². The first-order valence-electron chi connectivity index (χ1n) is 7.91. The lowest BCUT2D eigenvalue weighted by Gasteiger charge is -2.07. The minimum absolute atomic E-state index is 0.493. The second-order valence-corrected chi connectivity index (χ2v) is 5.76. The molecule has 0 aliphatic rings. The standard InChI is InChI=1S/C20H17N3O/c1-14-9-11-16(12-10-14)20-22-19(24-23-20)13-21-18-8-4-6-15-5-2-3-7-17(15)18/h2-12,21H,13H2,1H3. The molecule has 0 saturated carbocycles. The first-order valence-corrected chi connectivity index (χ1v) is 7.91. The molecule has 0 saturated heterocycles. The average molecular weight is 315 g/mol. The van der Waals surface area contributed by atoms with E-state index in [1.165, 1.54) is 16.3 Å². The highest BCUT2D eigenvalue weighted by atomic mass is 16.5. The van der Waals surface area contributed by atoms with E-state index < -0.39 is 0 Å². The highest BCUT2D eigenvalue weighted by Crippen LogP contribution is 2.23. The van der Waals surface area contributed by atoms with E-state index in [4.69, 9.17) is 4.52 Å². The van der Waals surface area contributed by atoms with Gasteiger partial charge in [-0.3, -0.25) is 0 Å². The third-order valence-electron chi connectivity index (χ3n) is 4.00. The van der Waals surface area contributed by atoms with Crippen molar-refractivity contribution in [3.05, 3.63) is 78.2 Å². The number of anilines is 1. The summed E-state index contributed by atoms with van der Waals surface area (Å²) in [6.45, 7) is 2.55. The van der Waals surface area contributed by atoms with Gasteiger partial charge in [-0.05, 0) is 18.4 Å². The zero-order chi connectivity index (χ0) is 16.4. The third-order valence-corrected chi connectivity index (χ3v) is 4.00. The summed E-state index contributed by atoms with van der Waals surface area (Å²) < 4.78 is 5.36. The molecular formula is C20H17N3O. The van der Waals surface area contributed by atoms with Crippen LogP contribution in [0.15, 0.2) is 71.3 Å². The monoisotopic (exact) mass is 315 g/mol. The van der Waals surface area contributed by atoms with Gasteiger partial charge in [0.2, 0.25) is 11.7 Å². The first kappa shape index (κ1) is 14.5. The number of nitrogens with zero attached hydrogens (tertiary/aromatic N) is 2. The second-order valence-electron chi connectivity index (χ2n) is 5.76. The first-order chi connectivity index (χ1) is 11.8. The van der Waals surface area contributed by atoms with E-state index in [1.807, 2.05) is 42.5 Å². The summed E-state index contributed by atoms with van der Waals surface area (Å²) in [5.74, 6) is 1.18. The van der Waals surface area contributed by atoms with Gasteiger partial charge in [-0.15, -0.1) is 0 Å². The molecule has 3 aromatic carbocycles. The number of benzene rings is 3. The van der Waals surface area contributed by atoms with Gasteiger partial charge < -0.3 is 9.84 Å². The van der Waals surface area contributed by atoms with Gasteiger partial charge in [0, 0.05) is 16.6 Å². The van der Waals surface area contributed by atoms with Gasteiger partial charge in [0.05, 0.1) is 6.54 Å². The Bertz CT molecular complexity index is 968. The fourth-order valence-corrected chi connectivity index (χ4v) is 2.70. The highest BCUT2D eigenvalue weighted by Gasteiger charge is 2.09. The van der Waals surface area contributed by atoms with E-state index in [-0.39, 0.29) is 0 Å². The Morgan fingerprint density at radius 1 is 0.917 bits per heavy atom. The Morgan fingerprint density at radius 3 is 2.58 bits per heavy atom. The maximum absolute atomic E-state index is 5.36. The van der Waals surface area contributed by atoms with Crippen LogP contribution in [0.4, 0.5) is 5.69 Å². The van der Waals surface area contributed by atoms with Crippen LogP contribution in [-0.2, 0) is 6.54 Å². The topological polar surface area (TPSA) is 51.0 Å². The Balaban J connectivity index is 1.53. The van der Waals surface area contributed by atoms with E-state index >= 15 is 0 Å². The lowest BCUT2D eigenvalue weighted by atomic mass is 10.1. The number of rotatable bonds is 4. The largest absolute Gasteiger partial charge is 0.376 e. The summed E-state index contributed by atoms with van der Waals surface area (Å²) in [6, 6.07) is 22.6. The molecule has 0 radical (unpaired) electrons. The van der Waals surface area contributed by atoms with Crippen molar-refractivity contribution >= 4 is 16.5 Å². The van der Waals surface area contributed by atoms with Gasteiger partial charge in [0.25, 0.3) is 0 Å². The molecule has 0 bridgehead atoms. The zero-order valence-corrected chi connectivity index (χ0v) is 13.4. The van der Waals surface area contributed by atoms with Crippen LogP contribution in [0.3, 0.4) is 0 Å². The van der Waals surface area contributed by atoms with E-state index in [9.17, 15) is 0 Å². The van der Waals surface area contributed by atoms with Crippen molar-refractivity contribution in [2.45, 2.75) is 13.5 Å². The Labute approximate surface area is 140 Å². The summed E-state index contributed by atoms with van der Waals surface area (Å²) in [7, 11) is 0. The molecule has 0 unspecified atom stereocenters. The number of aromatic nitrogens is 2. The molecular weight excluding hydrogens is 298 g/mol. The highest BCUT2D eigenvalue weighted by molar-refractivity contribution is 5.93. The SMILES string of the molecule is Cc1ccc(-c2noc(CNc3cccc4ccccc34)n2)cc1. The maximum Gasteiger partial charge on any atom is 0.246 e. The molecule has 0 aliphatic carbocycles. The van der Waals surface area contributed by atoms with Crippen molar-refractivity contribution < 1.29 is 4.52 Å². The van der Waals surface area contributed by atoms with E-state index in [1.54, 1.807) is 0 Å². The van der Waals surface area contributed by atoms with Crippen LogP contribution >= 0.6 is 0 Å². The number of aryl methyl sites for hydroxylation is 1. The molecule has 0 fully saturated rings. The number of hydrogen-bond acceptors (Lipinski definition) is 4.